The summed E-state index contributed by atoms with van der Waals surface area (Å²) < 4.78 is 0. The van der Waals surface area contributed by atoms with Crippen LogP contribution in [0.5, 0.6) is 0 Å². The highest BCUT2D eigenvalue weighted by molar-refractivity contribution is 5.23. The van der Waals surface area contributed by atoms with Crippen LogP contribution in [-0.4, -0.2) is 6.54 Å². The topological polar surface area (TPSA) is 48.8 Å². The lowest BCUT2D eigenvalue weighted by Gasteiger charge is -2.50. The van der Waals surface area contributed by atoms with E-state index in [-0.39, 0.29) is 0 Å². The van der Waals surface area contributed by atoms with Crippen LogP contribution < -0.4 is 0 Å². The number of hydrogen-bond acceptors (Lipinski definition) is 1. The molecule has 0 bridgehead atoms. The van der Waals surface area contributed by atoms with Gasteiger partial charge in [-0.1, -0.05) is 50.4 Å². The van der Waals surface area contributed by atoms with Crippen LogP contribution in [0, 0.1) is 23.2 Å². The molecule has 1 saturated carbocycles. The summed E-state index contributed by atoms with van der Waals surface area (Å²) in [5.74, 6) is 2.08. The van der Waals surface area contributed by atoms with Gasteiger partial charge < -0.3 is 0 Å². The highest BCUT2D eigenvalue weighted by atomic mass is 15.1. The van der Waals surface area contributed by atoms with Gasteiger partial charge in [0.25, 0.3) is 0 Å². The Balaban J connectivity index is 2.23. The van der Waals surface area contributed by atoms with Crippen molar-refractivity contribution in [3.63, 3.8) is 0 Å². The molecular weight excluding hydrogens is 222 g/mol. The van der Waals surface area contributed by atoms with Crippen molar-refractivity contribution in [1.29, 1.82) is 0 Å². The summed E-state index contributed by atoms with van der Waals surface area (Å²) in [5, 5.41) is 3.77. The molecule has 2 rings (SSSR count). The minimum absolute atomic E-state index is 0.361. The fourth-order valence-corrected chi connectivity index (χ4v) is 4.44. The zero-order valence-electron chi connectivity index (χ0n) is 11.9. The van der Waals surface area contributed by atoms with Gasteiger partial charge in [-0.3, -0.25) is 0 Å². The Bertz CT molecular complexity index is 381. The van der Waals surface area contributed by atoms with E-state index in [2.05, 4.69) is 36.9 Å². The van der Waals surface area contributed by atoms with E-state index < -0.39 is 0 Å². The Morgan fingerprint density at radius 2 is 2.33 bits per heavy atom. The van der Waals surface area contributed by atoms with Gasteiger partial charge in [-0.25, -0.2) is 0 Å². The Morgan fingerprint density at radius 1 is 1.56 bits per heavy atom. The van der Waals surface area contributed by atoms with Crippen LogP contribution in [0.25, 0.3) is 10.4 Å². The molecule has 18 heavy (non-hydrogen) atoms. The van der Waals surface area contributed by atoms with Crippen molar-refractivity contribution < 1.29 is 0 Å². The molecule has 0 amide bonds. The molecule has 0 radical (unpaired) electrons. The Hall–Kier alpha value is -0.950. The van der Waals surface area contributed by atoms with Gasteiger partial charge >= 0.3 is 0 Å². The molecule has 1 unspecified atom stereocenters. The van der Waals surface area contributed by atoms with Crippen molar-refractivity contribution in [1.82, 2.24) is 0 Å². The van der Waals surface area contributed by atoms with Crippen molar-refractivity contribution in [2.45, 2.75) is 52.9 Å². The number of nitrogens with zero attached hydrogens (tertiary/aromatic N) is 3. The zero-order valence-corrected chi connectivity index (χ0v) is 11.9. The first kappa shape index (κ1) is 13.5. The SMILES string of the molecule is C[C@H](CN=[N+]=[N-])C1=CCCC2[C@@H](C)CCC[C@]12C. The predicted molar refractivity (Wildman–Crippen MR) is 75.1 cm³/mol. The Morgan fingerprint density at radius 3 is 3.06 bits per heavy atom. The van der Waals surface area contributed by atoms with Crippen LogP contribution in [0.15, 0.2) is 16.8 Å². The largest absolute Gasteiger partial charge is 0.0934 e. The molecule has 2 aliphatic rings. The van der Waals surface area contributed by atoms with E-state index in [1.54, 1.807) is 5.57 Å². The third-order valence-corrected chi connectivity index (χ3v) is 5.31. The van der Waals surface area contributed by atoms with Gasteiger partial charge in [0.05, 0.1) is 0 Å². The van der Waals surface area contributed by atoms with Gasteiger partial charge in [0, 0.05) is 11.5 Å². The summed E-state index contributed by atoms with van der Waals surface area (Å²) in [5.41, 5.74) is 10.4. The average Bonchev–Trinajstić information content (AvgIpc) is 2.35. The van der Waals surface area contributed by atoms with Crippen LogP contribution in [0.4, 0.5) is 0 Å². The normalized spacial score (nSPS) is 37.2. The third-order valence-electron chi connectivity index (χ3n) is 5.31. The molecule has 4 atom stereocenters. The molecule has 0 saturated heterocycles. The molecule has 3 heteroatoms. The molecule has 0 aromatic rings. The molecule has 0 spiro atoms. The smallest absolute Gasteiger partial charge is 0.0321 e. The van der Waals surface area contributed by atoms with E-state index in [0.29, 0.717) is 17.9 Å². The van der Waals surface area contributed by atoms with Crippen LogP contribution in [0.3, 0.4) is 0 Å². The van der Waals surface area contributed by atoms with Gasteiger partial charge in [-0.15, -0.1) is 0 Å². The molecule has 0 N–H and O–H groups in total. The van der Waals surface area contributed by atoms with Crippen molar-refractivity contribution in [3.8, 4) is 0 Å². The molecule has 0 aromatic carbocycles. The summed E-state index contributed by atoms with van der Waals surface area (Å²) in [6.07, 6.45) is 9.04. The van der Waals surface area contributed by atoms with E-state index in [1.165, 1.54) is 32.1 Å². The summed E-state index contributed by atoms with van der Waals surface area (Å²) in [6, 6.07) is 0. The van der Waals surface area contributed by atoms with Crippen molar-refractivity contribution in [2.24, 2.45) is 28.3 Å². The molecule has 1 fully saturated rings. The maximum Gasteiger partial charge on any atom is 0.0321 e. The third kappa shape index (κ3) is 2.29. The van der Waals surface area contributed by atoms with E-state index >= 15 is 0 Å². The molecular formula is C15H25N3. The second kappa shape index (κ2) is 5.36. The second-order valence-electron chi connectivity index (χ2n) is 6.44. The van der Waals surface area contributed by atoms with Gasteiger partial charge in [-0.05, 0) is 48.0 Å². The number of hydrogen-bond donors (Lipinski definition) is 0. The minimum Gasteiger partial charge on any atom is -0.0934 e. The van der Waals surface area contributed by atoms with Crippen LogP contribution >= 0.6 is 0 Å². The molecule has 100 valence electrons. The van der Waals surface area contributed by atoms with Gasteiger partial charge in [0.15, 0.2) is 0 Å². The number of allylic oxidation sites excluding steroid dienone is 1. The first-order valence-corrected chi connectivity index (χ1v) is 7.31. The van der Waals surface area contributed by atoms with E-state index in [9.17, 15) is 0 Å². The molecule has 3 nitrogen and oxygen atoms in total. The molecule has 0 aromatic heterocycles. The lowest BCUT2D eigenvalue weighted by molar-refractivity contribution is 0.0752. The van der Waals surface area contributed by atoms with E-state index in [4.69, 9.17) is 5.53 Å². The molecule has 2 aliphatic carbocycles. The summed E-state index contributed by atoms with van der Waals surface area (Å²) in [7, 11) is 0. The number of fused-ring (bicyclic) bond motifs is 1. The highest BCUT2D eigenvalue weighted by Crippen LogP contribution is 2.55. The van der Waals surface area contributed by atoms with Crippen LogP contribution in [0.2, 0.25) is 0 Å². The van der Waals surface area contributed by atoms with Crippen molar-refractivity contribution >= 4 is 0 Å². The quantitative estimate of drug-likeness (QED) is 0.288. The maximum absolute atomic E-state index is 8.49. The lowest BCUT2D eigenvalue weighted by Crippen LogP contribution is -2.41. The fraction of sp³-hybridized carbons (Fsp3) is 0.867. The maximum atomic E-state index is 8.49. The standard InChI is InChI=1S/C15H25N3/c1-11-6-5-9-15(3)13(11)7-4-8-14(15)12(2)10-17-18-16/h8,11-13H,4-7,9-10H2,1-3H3/t11-,12+,13?,15-/m0/s1. The fourth-order valence-electron chi connectivity index (χ4n) is 4.44. The van der Waals surface area contributed by atoms with Crippen molar-refractivity contribution in [2.75, 3.05) is 6.54 Å². The Labute approximate surface area is 110 Å². The molecule has 0 heterocycles. The van der Waals surface area contributed by atoms with Crippen LogP contribution in [-0.2, 0) is 0 Å². The Kier molecular flexibility index (Phi) is 4.01. The molecule has 0 aliphatic heterocycles. The average molecular weight is 247 g/mol. The lowest BCUT2D eigenvalue weighted by atomic mass is 9.54. The van der Waals surface area contributed by atoms with Gasteiger partial charge in [-0.2, -0.15) is 0 Å². The summed E-state index contributed by atoms with van der Waals surface area (Å²) >= 11 is 0. The second-order valence-corrected chi connectivity index (χ2v) is 6.44. The van der Waals surface area contributed by atoms with Crippen LogP contribution in [0.1, 0.15) is 52.9 Å². The van der Waals surface area contributed by atoms with Crippen molar-refractivity contribution in [3.05, 3.63) is 22.1 Å². The minimum atomic E-state index is 0.361. The van der Waals surface area contributed by atoms with E-state index in [0.717, 1.165) is 11.8 Å². The number of rotatable bonds is 3. The highest BCUT2D eigenvalue weighted by Gasteiger charge is 2.45. The van der Waals surface area contributed by atoms with E-state index in [1.807, 2.05) is 0 Å². The zero-order chi connectivity index (χ0) is 13.2. The summed E-state index contributed by atoms with van der Waals surface area (Å²) in [4.78, 5) is 2.91. The predicted octanol–water partition coefficient (Wildman–Crippen LogP) is 5.10. The monoisotopic (exact) mass is 247 g/mol. The van der Waals surface area contributed by atoms with Gasteiger partial charge in [0.2, 0.25) is 0 Å². The first-order chi connectivity index (χ1) is 8.59. The van der Waals surface area contributed by atoms with Gasteiger partial charge in [0.1, 0.15) is 0 Å². The number of azide groups is 1. The summed E-state index contributed by atoms with van der Waals surface area (Å²) in [6.45, 7) is 7.69. The first-order valence-electron chi connectivity index (χ1n) is 7.31.